The number of rotatable bonds is 7. The number of alkyl halides is 2. The summed E-state index contributed by atoms with van der Waals surface area (Å²) in [5.74, 6) is -1.00. The van der Waals surface area contributed by atoms with Gasteiger partial charge in [-0.1, -0.05) is 0 Å². The molecule has 0 atom stereocenters. The lowest BCUT2D eigenvalue weighted by Crippen LogP contribution is -2.39. The molecule has 0 aliphatic heterocycles. The van der Waals surface area contributed by atoms with Gasteiger partial charge in [0, 0.05) is 29.9 Å². The molecule has 0 radical (unpaired) electrons. The number of hydrogen-bond acceptors (Lipinski definition) is 6. The summed E-state index contributed by atoms with van der Waals surface area (Å²) < 4.78 is 46.9. The van der Waals surface area contributed by atoms with Crippen molar-refractivity contribution in [3.05, 3.63) is 47.7 Å². The average molecular weight is 449 g/mol. The second-order valence-corrected chi connectivity index (χ2v) is 7.57. The summed E-state index contributed by atoms with van der Waals surface area (Å²) in [4.78, 5) is 20.7. The molecule has 3 aromatic rings. The molecule has 1 fully saturated rings. The van der Waals surface area contributed by atoms with Crippen molar-refractivity contribution >= 4 is 16.8 Å². The Hall–Kier alpha value is -3.05. The van der Waals surface area contributed by atoms with Crippen molar-refractivity contribution in [1.82, 2.24) is 25.1 Å². The molecule has 32 heavy (non-hydrogen) atoms. The summed E-state index contributed by atoms with van der Waals surface area (Å²) in [6, 6.07) is 3.39. The van der Waals surface area contributed by atoms with Gasteiger partial charge in [0.1, 0.15) is 11.5 Å². The van der Waals surface area contributed by atoms with E-state index in [0.717, 1.165) is 42.5 Å². The first kappa shape index (κ1) is 22.2. The second kappa shape index (κ2) is 9.61. The highest BCUT2D eigenvalue weighted by Gasteiger charge is 2.24. The SMILES string of the molecule is O=C(NC1CCC(OCCO)CC1)c1cnc(-n2nc(C(F)F)c3ccc(F)cc32)nc1. The molecule has 4 rings (SSSR count). The number of halogens is 3. The van der Waals surface area contributed by atoms with E-state index >= 15 is 0 Å². The van der Waals surface area contributed by atoms with Gasteiger partial charge >= 0.3 is 0 Å². The molecular formula is C21H22F3N5O3. The molecule has 1 amide bonds. The second-order valence-electron chi connectivity index (χ2n) is 7.57. The van der Waals surface area contributed by atoms with Gasteiger partial charge in [0.05, 0.1) is 30.4 Å². The Morgan fingerprint density at radius 1 is 1.22 bits per heavy atom. The quantitative estimate of drug-likeness (QED) is 0.575. The zero-order valence-electron chi connectivity index (χ0n) is 17.0. The van der Waals surface area contributed by atoms with Crippen LogP contribution in [0.25, 0.3) is 16.9 Å². The lowest BCUT2D eigenvalue weighted by Gasteiger charge is -2.29. The van der Waals surface area contributed by atoms with Crippen LogP contribution in [0.3, 0.4) is 0 Å². The molecule has 0 bridgehead atoms. The number of nitrogens with zero attached hydrogens (tertiary/aromatic N) is 4. The molecule has 8 nitrogen and oxygen atoms in total. The van der Waals surface area contributed by atoms with Gasteiger partial charge in [-0.15, -0.1) is 0 Å². The fourth-order valence-corrected chi connectivity index (χ4v) is 3.84. The predicted molar refractivity (Wildman–Crippen MR) is 108 cm³/mol. The molecule has 2 aromatic heterocycles. The van der Waals surface area contributed by atoms with E-state index in [1.807, 2.05) is 0 Å². The van der Waals surface area contributed by atoms with Crippen molar-refractivity contribution in [2.75, 3.05) is 13.2 Å². The third kappa shape index (κ3) is 4.73. The number of nitrogens with one attached hydrogen (secondary N) is 1. The molecule has 0 spiro atoms. The van der Waals surface area contributed by atoms with Crippen LogP contribution < -0.4 is 5.32 Å². The minimum atomic E-state index is -2.85. The number of hydrogen-bond donors (Lipinski definition) is 2. The number of aromatic nitrogens is 4. The van der Waals surface area contributed by atoms with Crippen LogP contribution in [0.4, 0.5) is 13.2 Å². The Balaban J connectivity index is 1.46. The molecule has 11 heteroatoms. The molecular weight excluding hydrogens is 427 g/mol. The van der Waals surface area contributed by atoms with Gasteiger partial charge in [0.25, 0.3) is 18.3 Å². The molecule has 1 saturated carbocycles. The Labute approximate surface area is 181 Å². The van der Waals surface area contributed by atoms with Gasteiger partial charge in [0.15, 0.2) is 0 Å². The van der Waals surface area contributed by atoms with Crippen LogP contribution in [0.15, 0.2) is 30.6 Å². The highest BCUT2D eigenvalue weighted by Crippen LogP contribution is 2.28. The maximum atomic E-state index is 13.7. The number of carbonyl (C=O) groups excluding carboxylic acids is 1. The Kier molecular flexibility index (Phi) is 6.66. The fourth-order valence-electron chi connectivity index (χ4n) is 3.84. The van der Waals surface area contributed by atoms with Crippen LogP contribution in [-0.2, 0) is 4.74 Å². The van der Waals surface area contributed by atoms with E-state index in [-0.39, 0.29) is 47.1 Å². The van der Waals surface area contributed by atoms with Crippen molar-refractivity contribution < 1.29 is 27.8 Å². The fraction of sp³-hybridized carbons (Fsp3) is 0.429. The van der Waals surface area contributed by atoms with E-state index in [0.29, 0.717) is 6.61 Å². The number of benzene rings is 1. The molecule has 0 saturated heterocycles. The van der Waals surface area contributed by atoms with Crippen LogP contribution in [0, 0.1) is 5.82 Å². The molecule has 170 valence electrons. The number of carbonyl (C=O) groups is 1. The van der Waals surface area contributed by atoms with Crippen molar-refractivity contribution in [2.45, 2.75) is 44.3 Å². The van der Waals surface area contributed by atoms with E-state index in [2.05, 4.69) is 20.4 Å². The first-order valence-electron chi connectivity index (χ1n) is 10.3. The van der Waals surface area contributed by atoms with Gasteiger partial charge in [0.2, 0.25) is 0 Å². The van der Waals surface area contributed by atoms with Crippen molar-refractivity contribution in [1.29, 1.82) is 0 Å². The Morgan fingerprint density at radius 3 is 2.59 bits per heavy atom. The van der Waals surface area contributed by atoms with E-state index in [4.69, 9.17) is 9.84 Å². The molecule has 1 aromatic carbocycles. The van der Waals surface area contributed by atoms with E-state index in [1.54, 1.807) is 0 Å². The van der Waals surface area contributed by atoms with Crippen molar-refractivity contribution in [3.8, 4) is 5.95 Å². The van der Waals surface area contributed by atoms with Gasteiger partial charge in [-0.2, -0.15) is 9.78 Å². The minimum absolute atomic E-state index is 0.0113. The van der Waals surface area contributed by atoms with Crippen molar-refractivity contribution in [2.24, 2.45) is 0 Å². The summed E-state index contributed by atoms with van der Waals surface area (Å²) in [6.07, 6.45) is 2.88. The first-order chi connectivity index (χ1) is 15.5. The third-order valence-corrected chi connectivity index (χ3v) is 5.42. The van der Waals surface area contributed by atoms with Crippen LogP contribution in [0.1, 0.15) is 48.2 Å². The average Bonchev–Trinajstić information content (AvgIpc) is 3.17. The highest BCUT2D eigenvalue weighted by atomic mass is 19.3. The normalized spacial score (nSPS) is 18.9. The maximum absolute atomic E-state index is 13.7. The topological polar surface area (TPSA) is 102 Å². The lowest BCUT2D eigenvalue weighted by molar-refractivity contribution is 0.00425. The molecule has 1 aliphatic carbocycles. The number of fused-ring (bicyclic) bond motifs is 1. The molecule has 0 unspecified atom stereocenters. The Bertz CT molecular complexity index is 1080. The van der Waals surface area contributed by atoms with E-state index in [1.165, 1.54) is 18.5 Å². The monoisotopic (exact) mass is 449 g/mol. The van der Waals surface area contributed by atoms with Gasteiger partial charge in [-0.05, 0) is 37.8 Å². The molecule has 2 N–H and O–H groups in total. The zero-order chi connectivity index (χ0) is 22.7. The predicted octanol–water partition coefficient (Wildman–Crippen LogP) is 2.94. The number of aliphatic hydroxyl groups excluding tert-OH is 1. The maximum Gasteiger partial charge on any atom is 0.282 e. The Morgan fingerprint density at radius 2 is 1.94 bits per heavy atom. The summed E-state index contributed by atoms with van der Waals surface area (Å²) in [6.45, 7) is 0.293. The van der Waals surface area contributed by atoms with Crippen LogP contribution in [0.5, 0.6) is 0 Å². The smallest absolute Gasteiger partial charge is 0.282 e. The standard InChI is InChI=1S/C21H22F3N5O3/c22-13-1-6-16-17(9-13)29(28-18(16)19(23)24)21-25-10-12(11-26-21)20(31)27-14-2-4-15(5-3-14)32-8-7-30/h1,6,9-11,14-15,19,30H,2-5,7-8H2,(H,27,31). The third-order valence-electron chi connectivity index (χ3n) is 5.42. The molecule has 2 heterocycles. The van der Waals surface area contributed by atoms with E-state index in [9.17, 15) is 18.0 Å². The van der Waals surface area contributed by atoms with Crippen LogP contribution >= 0.6 is 0 Å². The number of aliphatic hydroxyl groups is 1. The van der Waals surface area contributed by atoms with E-state index < -0.39 is 17.9 Å². The highest BCUT2D eigenvalue weighted by molar-refractivity contribution is 5.93. The summed E-state index contributed by atoms with van der Waals surface area (Å²) >= 11 is 0. The molecule has 1 aliphatic rings. The van der Waals surface area contributed by atoms with Gasteiger partial charge in [-0.3, -0.25) is 4.79 Å². The van der Waals surface area contributed by atoms with Gasteiger partial charge < -0.3 is 15.2 Å². The summed E-state index contributed by atoms with van der Waals surface area (Å²) in [7, 11) is 0. The lowest BCUT2D eigenvalue weighted by atomic mass is 9.93. The van der Waals surface area contributed by atoms with Gasteiger partial charge in [-0.25, -0.2) is 23.1 Å². The summed E-state index contributed by atoms with van der Waals surface area (Å²) in [5.41, 5.74) is -0.175. The summed E-state index contributed by atoms with van der Waals surface area (Å²) in [5, 5.41) is 15.7. The van der Waals surface area contributed by atoms with Crippen molar-refractivity contribution in [3.63, 3.8) is 0 Å². The van der Waals surface area contributed by atoms with Crippen LogP contribution in [0.2, 0.25) is 0 Å². The minimum Gasteiger partial charge on any atom is -0.394 e. The zero-order valence-corrected chi connectivity index (χ0v) is 17.0. The first-order valence-corrected chi connectivity index (χ1v) is 10.3. The number of ether oxygens (including phenoxy) is 1. The van der Waals surface area contributed by atoms with Crippen LogP contribution in [-0.4, -0.2) is 56.1 Å². The largest absolute Gasteiger partial charge is 0.394 e. The number of amides is 1.